The molecule has 1 aromatic heterocycles. The van der Waals surface area contributed by atoms with Crippen LogP contribution < -0.4 is 0 Å². The van der Waals surface area contributed by atoms with E-state index >= 15 is 0 Å². The fourth-order valence-corrected chi connectivity index (χ4v) is 2.70. The average molecular weight is 226 g/mol. The van der Waals surface area contributed by atoms with Crippen molar-refractivity contribution < 1.29 is 5.11 Å². The van der Waals surface area contributed by atoms with Gasteiger partial charge in [0, 0.05) is 17.7 Å². The summed E-state index contributed by atoms with van der Waals surface area (Å²) in [5.74, 6) is 1.72. The van der Waals surface area contributed by atoms with Crippen LogP contribution in [0.25, 0.3) is 0 Å². The molecule has 1 heterocycles. The first-order valence-electron chi connectivity index (χ1n) is 5.63. The fourth-order valence-electron chi connectivity index (χ4n) is 2.07. The molecular weight excluding hydrogens is 208 g/mol. The maximum Gasteiger partial charge on any atom is 0.0723 e. The third-order valence-corrected chi connectivity index (χ3v) is 3.82. The van der Waals surface area contributed by atoms with Gasteiger partial charge < -0.3 is 5.11 Å². The molecule has 0 radical (unpaired) electrons. The summed E-state index contributed by atoms with van der Waals surface area (Å²) >= 11 is 1.74. The Bertz CT molecular complexity index is 295. The quantitative estimate of drug-likeness (QED) is 0.782. The van der Waals surface area contributed by atoms with E-state index in [1.807, 2.05) is 0 Å². The number of thioether (sulfide) groups is 1. The monoisotopic (exact) mass is 226 g/mol. The Morgan fingerprint density at radius 3 is 3.00 bits per heavy atom. The second-order valence-electron chi connectivity index (χ2n) is 4.00. The summed E-state index contributed by atoms with van der Waals surface area (Å²) in [5.41, 5.74) is 1.14. The molecule has 4 heteroatoms. The number of aliphatic hydroxyl groups excluding tert-OH is 1. The van der Waals surface area contributed by atoms with Crippen molar-refractivity contribution in [3.8, 4) is 0 Å². The van der Waals surface area contributed by atoms with Crippen LogP contribution in [0.4, 0.5) is 0 Å². The molecule has 1 saturated carbocycles. The average Bonchev–Trinajstić information content (AvgIpc) is 2.87. The molecular formula is C11H18N2OS. The summed E-state index contributed by atoms with van der Waals surface area (Å²) in [4.78, 5) is 0. The van der Waals surface area contributed by atoms with Crippen molar-refractivity contribution in [2.75, 3.05) is 12.4 Å². The Balaban J connectivity index is 1.86. The highest BCUT2D eigenvalue weighted by Crippen LogP contribution is 2.28. The molecule has 0 spiro atoms. The molecule has 84 valence electrons. The van der Waals surface area contributed by atoms with Gasteiger partial charge in [-0.1, -0.05) is 12.8 Å². The van der Waals surface area contributed by atoms with E-state index in [0.29, 0.717) is 6.04 Å². The summed E-state index contributed by atoms with van der Waals surface area (Å²) in [6, 6.07) is 2.74. The number of aliphatic hydroxyl groups is 1. The third kappa shape index (κ3) is 2.98. The molecule has 0 unspecified atom stereocenters. The molecule has 0 atom stereocenters. The highest BCUT2D eigenvalue weighted by Gasteiger charge is 2.17. The number of aromatic nitrogens is 2. The Hall–Kier alpha value is -0.480. The van der Waals surface area contributed by atoms with Gasteiger partial charge in [0.05, 0.1) is 18.3 Å². The summed E-state index contributed by atoms with van der Waals surface area (Å²) in [6.07, 6.45) is 7.36. The summed E-state index contributed by atoms with van der Waals surface area (Å²) < 4.78 is 2.13. The van der Waals surface area contributed by atoms with E-state index in [4.69, 9.17) is 5.11 Å². The third-order valence-electron chi connectivity index (χ3n) is 2.85. The Morgan fingerprint density at radius 1 is 1.47 bits per heavy atom. The molecule has 0 saturated heterocycles. The zero-order valence-corrected chi connectivity index (χ0v) is 9.75. The first-order chi connectivity index (χ1) is 7.40. The van der Waals surface area contributed by atoms with Gasteiger partial charge >= 0.3 is 0 Å². The Kier molecular flexibility index (Phi) is 4.09. The first-order valence-corrected chi connectivity index (χ1v) is 6.78. The summed E-state index contributed by atoms with van der Waals surface area (Å²) in [5, 5.41) is 13.3. The van der Waals surface area contributed by atoms with Crippen molar-refractivity contribution in [2.45, 2.75) is 37.5 Å². The standard InChI is InChI=1S/C11H18N2OS/c14-7-8-15-9-10-5-6-13(12-10)11-3-1-2-4-11/h5-6,11,14H,1-4,7-9H2. The van der Waals surface area contributed by atoms with Gasteiger partial charge in [0.2, 0.25) is 0 Å². The highest BCUT2D eigenvalue weighted by atomic mass is 32.2. The van der Waals surface area contributed by atoms with Gasteiger partial charge in [0.15, 0.2) is 0 Å². The van der Waals surface area contributed by atoms with Crippen molar-refractivity contribution in [1.82, 2.24) is 9.78 Å². The van der Waals surface area contributed by atoms with E-state index in [2.05, 4.69) is 22.0 Å². The molecule has 0 bridgehead atoms. The van der Waals surface area contributed by atoms with Gasteiger partial charge in [-0.15, -0.1) is 0 Å². The van der Waals surface area contributed by atoms with Crippen LogP contribution in [0.2, 0.25) is 0 Å². The van der Waals surface area contributed by atoms with E-state index in [-0.39, 0.29) is 6.61 Å². The summed E-state index contributed by atoms with van der Waals surface area (Å²) in [6.45, 7) is 0.258. The van der Waals surface area contributed by atoms with Gasteiger partial charge in [0.25, 0.3) is 0 Å². The number of rotatable bonds is 5. The van der Waals surface area contributed by atoms with Gasteiger partial charge in [-0.3, -0.25) is 4.68 Å². The van der Waals surface area contributed by atoms with Crippen LogP contribution in [0, 0.1) is 0 Å². The number of nitrogens with zero attached hydrogens (tertiary/aromatic N) is 2. The van der Waals surface area contributed by atoms with Crippen LogP contribution in [-0.2, 0) is 5.75 Å². The minimum Gasteiger partial charge on any atom is -0.396 e. The van der Waals surface area contributed by atoms with Gasteiger partial charge in [-0.2, -0.15) is 16.9 Å². The number of hydrogen-bond donors (Lipinski definition) is 1. The van der Waals surface area contributed by atoms with E-state index in [0.717, 1.165) is 17.2 Å². The van der Waals surface area contributed by atoms with Crippen molar-refractivity contribution in [3.05, 3.63) is 18.0 Å². The van der Waals surface area contributed by atoms with E-state index in [1.54, 1.807) is 11.8 Å². The molecule has 1 aliphatic rings. The topological polar surface area (TPSA) is 38.0 Å². The molecule has 3 nitrogen and oxygen atoms in total. The molecule has 1 fully saturated rings. The molecule has 2 rings (SSSR count). The second kappa shape index (κ2) is 5.56. The Morgan fingerprint density at radius 2 is 2.27 bits per heavy atom. The van der Waals surface area contributed by atoms with Crippen LogP contribution >= 0.6 is 11.8 Å². The van der Waals surface area contributed by atoms with Crippen molar-refractivity contribution in [2.24, 2.45) is 0 Å². The van der Waals surface area contributed by atoms with E-state index < -0.39 is 0 Å². The molecule has 1 aliphatic carbocycles. The van der Waals surface area contributed by atoms with Crippen LogP contribution in [0.5, 0.6) is 0 Å². The van der Waals surface area contributed by atoms with Crippen LogP contribution in [0.15, 0.2) is 12.3 Å². The van der Waals surface area contributed by atoms with E-state index in [9.17, 15) is 0 Å². The lowest BCUT2D eigenvalue weighted by Crippen LogP contribution is -2.05. The second-order valence-corrected chi connectivity index (χ2v) is 5.11. The lowest BCUT2D eigenvalue weighted by Gasteiger charge is -2.08. The first kappa shape index (κ1) is 11.0. The van der Waals surface area contributed by atoms with Gasteiger partial charge in [-0.25, -0.2) is 0 Å². The van der Waals surface area contributed by atoms with E-state index in [1.165, 1.54) is 25.7 Å². The minimum absolute atomic E-state index is 0.258. The lowest BCUT2D eigenvalue weighted by molar-refractivity contribution is 0.322. The van der Waals surface area contributed by atoms with Crippen molar-refractivity contribution >= 4 is 11.8 Å². The molecule has 1 aromatic rings. The van der Waals surface area contributed by atoms with Crippen molar-refractivity contribution in [1.29, 1.82) is 0 Å². The Labute approximate surface area is 94.9 Å². The largest absolute Gasteiger partial charge is 0.396 e. The van der Waals surface area contributed by atoms with Crippen molar-refractivity contribution in [3.63, 3.8) is 0 Å². The molecule has 15 heavy (non-hydrogen) atoms. The zero-order chi connectivity index (χ0) is 10.5. The molecule has 0 amide bonds. The summed E-state index contributed by atoms with van der Waals surface area (Å²) in [7, 11) is 0. The van der Waals surface area contributed by atoms with Gasteiger partial charge in [-0.05, 0) is 18.9 Å². The van der Waals surface area contributed by atoms with Crippen LogP contribution in [0.3, 0.4) is 0 Å². The predicted molar refractivity (Wildman–Crippen MR) is 63.0 cm³/mol. The SMILES string of the molecule is OCCSCc1ccn(C2CCCC2)n1. The van der Waals surface area contributed by atoms with Crippen LogP contribution in [-0.4, -0.2) is 27.2 Å². The predicted octanol–water partition coefficient (Wildman–Crippen LogP) is 2.22. The normalized spacial score (nSPS) is 17.4. The maximum atomic E-state index is 8.68. The number of hydrogen-bond acceptors (Lipinski definition) is 3. The highest BCUT2D eigenvalue weighted by molar-refractivity contribution is 7.98. The lowest BCUT2D eigenvalue weighted by atomic mass is 10.3. The molecule has 0 aromatic carbocycles. The maximum absolute atomic E-state index is 8.68. The smallest absolute Gasteiger partial charge is 0.0723 e. The van der Waals surface area contributed by atoms with Crippen LogP contribution in [0.1, 0.15) is 37.4 Å². The molecule has 0 aliphatic heterocycles. The fraction of sp³-hybridized carbons (Fsp3) is 0.727. The molecule has 1 N–H and O–H groups in total. The zero-order valence-electron chi connectivity index (χ0n) is 8.93. The minimum atomic E-state index is 0.258. The van der Waals surface area contributed by atoms with Gasteiger partial charge in [0.1, 0.15) is 0 Å².